The Bertz CT molecular complexity index is 504. The van der Waals surface area contributed by atoms with Crippen LogP contribution < -0.4 is 0 Å². The highest BCUT2D eigenvalue weighted by atomic mass is 32.2. The van der Waals surface area contributed by atoms with Gasteiger partial charge in [-0.25, -0.2) is 17.5 Å². The van der Waals surface area contributed by atoms with Gasteiger partial charge in [-0.1, -0.05) is 0 Å². The molecule has 2 aliphatic rings. The molecule has 20 heavy (non-hydrogen) atoms. The number of carboxylic acid groups (broad SMARTS) is 1. The van der Waals surface area contributed by atoms with Crippen molar-refractivity contribution in [3.63, 3.8) is 0 Å². The maximum atomic E-state index is 12.4. The Labute approximate surface area is 118 Å². The fourth-order valence-corrected chi connectivity index (χ4v) is 3.88. The SMILES string of the molecule is CS(=O)(=O)N1CCC[C@H](C(=O)N2CCC[C@H]2C(=O)O)C1. The van der Waals surface area contributed by atoms with E-state index in [0.717, 1.165) is 6.26 Å². The Morgan fingerprint density at radius 3 is 2.40 bits per heavy atom. The summed E-state index contributed by atoms with van der Waals surface area (Å²) in [6.07, 6.45) is 3.55. The molecule has 0 bridgehead atoms. The van der Waals surface area contributed by atoms with Gasteiger partial charge in [0.2, 0.25) is 15.9 Å². The first-order valence-corrected chi connectivity index (χ1v) is 8.64. The van der Waals surface area contributed by atoms with Gasteiger partial charge < -0.3 is 10.0 Å². The molecule has 8 heteroatoms. The summed E-state index contributed by atoms with van der Waals surface area (Å²) in [5, 5.41) is 9.11. The summed E-state index contributed by atoms with van der Waals surface area (Å²) in [5.41, 5.74) is 0. The Kier molecular flexibility index (Phi) is 4.33. The van der Waals surface area contributed by atoms with E-state index in [4.69, 9.17) is 5.11 Å². The van der Waals surface area contributed by atoms with Crippen LogP contribution in [0.3, 0.4) is 0 Å². The van der Waals surface area contributed by atoms with E-state index >= 15 is 0 Å². The largest absolute Gasteiger partial charge is 0.480 e. The van der Waals surface area contributed by atoms with Gasteiger partial charge in [0, 0.05) is 19.6 Å². The highest BCUT2D eigenvalue weighted by Crippen LogP contribution is 2.25. The fraction of sp³-hybridized carbons (Fsp3) is 0.833. The summed E-state index contributed by atoms with van der Waals surface area (Å²) in [4.78, 5) is 25.0. The lowest BCUT2D eigenvalue weighted by Gasteiger charge is -2.33. The van der Waals surface area contributed by atoms with Crippen LogP contribution in [0.2, 0.25) is 0 Å². The van der Waals surface area contributed by atoms with Gasteiger partial charge in [0.15, 0.2) is 0 Å². The Morgan fingerprint density at radius 1 is 1.15 bits per heavy atom. The average Bonchev–Trinajstić information content (AvgIpc) is 2.86. The summed E-state index contributed by atoms with van der Waals surface area (Å²) in [6, 6.07) is -0.754. The van der Waals surface area contributed by atoms with E-state index in [1.807, 2.05) is 0 Å². The third-order valence-electron chi connectivity index (χ3n) is 4.02. The molecule has 0 spiro atoms. The third-order valence-corrected chi connectivity index (χ3v) is 5.29. The maximum absolute atomic E-state index is 12.4. The van der Waals surface area contributed by atoms with Gasteiger partial charge in [-0.15, -0.1) is 0 Å². The normalized spacial score (nSPS) is 28.6. The molecule has 0 aliphatic carbocycles. The zero-order valence-electron chi connectivity index (χ0n) is 11.5. The molecule has 0 aromatic carbocycles. The van der Waals surface area contributed by atoms with Crippen molar-refractivity contribution in [1.29, 1.82) is 0 Å². The van der Waals surface area contributed by atoms with Crippen molar-refractivity contribution in [3.05, 3.63) is 0 Å². The molecule has 1 N–H and O–H groups in total. The molecule has 7 nitrogen and oxygen atoms in total. The predicted molar refractivity (Wildman–Crippen MR) is 71.5 cm³/mol. The summed E-state index contributed by atoms with van der Waals surface area (Å²) in [6.45, 7) is 1.05. The zero-order chi connectivity index (χ0) is 14.9. The average molecular weight is 304 g/mol. The summed E-state index contributed by atoms with van der Waals surface area (Å²) in [7, 11) is -3.30. The topological polar surface area (TPSA) is 95.0 Å². The van der Waals surface area contributed by atoms with Crippen molar-refractivity contribution < 1.29 is 23.1 Å². The van der Waals surface area contributed by atoms with E-state index in [1.54, 1.807) is 0 Å². The van der Waals surface area contributed by atoms with Crippen LogP contribution in [-0.2, 0) is 19.6 Å². The van der Waals surface area contributed by atoms with Crippen molar-refractivity contribution in [1.82, 2.24) is 9.21 Å². The van der Waals surface area contributed by atoms with Gasteiger partial charge >= 0.3 is 5.97 Å². The standard InChI is InChI=1S/C12H20N2O5S/c1-20(18,19)13-6-2-4-9(8-13)11(15)14-7-3-5-10(14)12(16)17/h9-10H,2-8H2,1H3,(H,16,17)/t9-,10-/m0/s1. The number of aliphatic carboxylic acids is 1. The number of amides is 1. The monoisotopic (exact) mass is 304 g/mol. The minimum Gasteiger partial charge on any atom is -0.480 e. The van der Waals surface area contributed by atoms with E-state index in [-0.39, 0.29) is 12.5 Å². The summed E-state index contributed by atoms with van der Waals surface area (Å²) < 4.78 is 24.4. The van der Waals surface area contributed by atoms with Gasteiger partial charge in [-0.05, 0) is 25.7 Å². The van der Waals surface area contributed by atoms with Gasteiger partial charge in [0.05, 0.1) is 12.2 Å². The number of likely N-dealkylation sites (tertiary alicyclic amines) is 1. The first-order valence-electron chi connectivity index (χ1n) is 6.79. The lowest BCUT2D eigenvalue weighted by Crippen LogP contribution is -2.49. The van der Waals surface area contributed by atoms with E-state index in [1.165, 1.54) is 9.21 Å². The van der Waals surface area contributed by atoms with Crippen LogP contribution >= 0.6 is 0 Å². The summed E-state index contributed by atoms with van der Waals surface area (Å²) >= 11 is 0. The molecule has 0 saturated carbocycles. The quantitative estimate of drug-likeness (QED) is 0.774. The molecule has 2 heterocycles. The van der Waals surface area contributed by atoms with Gasteiger partial charge in [0.25, 0.3) is 0 Å². The minimum absolute atomic E-state index is 0.167. The molecule has 1 amide bonds. The molecule has 0 unspecified atom stereocenters. The molecular weight excluding hydrogens is 284 g/mol. The third kappa shape index (κ3) is 3.12. The van der Waals surface area contributed by atoms with Gasteiger partial charge in [-0.2, -0.15) is 0 Å². The maximum Gasteiger partial charge on any atom is 0.326 e. The molecule has 2 rings (SSSR count). The molecule has 2 atom stereocenters. The number of rotatable bonds is 3. The lowest BCUT2D eigenvalue weighted by atomic mass is 9.97. The Hall–Kier alpha value is -1.15. The zero-order valence-corrected chi connectivity index (χ0v) is 12.3. The van der Waals surface area contributed by atoms with Crippen molar-refractivity contribution in [3.8, 4) is 0 Å². The molecule has 2 aliphatic heterocycles. The van der Waals surface area contributed by atoms with Crippen LogP contribution in [0.4, 0.5) is 0 Å². The molecular formula is C12H20N2O5S. The molecule has 0 radical (unpaired) electrons. The first-order chi connectivity index (χ1) is 9.30. The second-order valence-corrected chi connectivity index (χ2v) is 7.47. The van der Waals surface area contributed by atoms with Gasteiger partial charge in [-0.3, -0.25) is 4.79 Å². The Balaban J connectivity index is 2.07. The smallest absolute Gasteiger partial charge is 0.326 e. The van der Waals surface area contributed by atoms with E-state index in [9.17, 15) is 18.0 Å². The fourth-order valence-electron chi connectivity index (χ4n) is 2.97. The highest BCUT2D eigenvalue weighted by Gasteiger charge is 2.39. The number of carbonyl (C=O) groups excluding carboxylic acids is 1. The number of nitrogens with zero attached hydrogens (tertiary/aromatic N) is 2. The van der Waals surface area contributed by atoms with Gasteiger partial charge in [0.1, 0.15) is 6.04 Å². The van der Waals surface area contributed by atoms with E-state index in [0.29, 0.717) is 38.8 Å². The second-order valence-electron chi connectivity index (χ2n) is 5.49. The number of hydrogen-bond donors (Lipinski definition) is 1. The number of piperidine rings is 1. The number of carbonyl (C=O) groups is 2. The second kappa shape index (κ2) is 5.69. The molecule has 2 fully saturated rings. The highest BCUT2D eigenvalue weighted by molar-refractivity contribution is 7.88. The van der Waals surface area contributed by atoms with E-state index in [2.05, 4.69) is 0 Å². The summed E-state index contributed by atoms with van der Waals surface area (Å²) in [5.74, 6) is -1.62. The van der Waals surface area contributed by atoms with Crippen LogP contribution in [-0.4, -0.2) is 66.5 Å². The molecule has 2 saturated heterocycles. The van der Waals surface area contributed by atoms with Crippen LogP contribution in [0.15, 0.2) is 0 Å². The van der Waals surface area contributed by atoms with E-state index < -0.39 is 28.0 Å². The molecule has 0 aromatic heterocycles. The van der Waals surface area contributed by atoms with Crippen LogP contribution in [0.1, 0.15) is 25.7 Å². The van der Waals surface area contributed by atoms with Crippen molar-refractivity contribution in [2.75, 3.05) is 25.9 Å². The van der Waals surface area contributed by atoms with Crippen molar-refractivity contribution in [2.45, 2.75) is 31.7 Å². The van der Waals surface area contributed by atoms with Crippen LogP contribution in [0.25, 0.3) is 0 Å². The Morgan fingerprint density at radius 2 is 1.80 bits per heavy atom. The number of hydrogen-bond acceptors (Lipinski definition) is 4. The van der Waals surface area contributed by atoms with Crippen molar-refractivity contribution in [2.24, 2.45) is 5.92 Å². The minimum atomic E-state index is -3.30. The predicted octanol–water partition coefficient (Wildman–Crippen LogP) is -0.266. The molecule has 0 aromatic rings. The first kappa shape index (κ1) is 15.2. The van der Waals surface area contributed by atoms with Crippen LogP contribution in [0, 0.1) is 5.92 Å². The number of sulfonamides is 1. The van der Waals surface area contributed by atoms with Crippen molar-refractivity contribution >= 4 is 21.9 Å². The lowest BCUT2D eigenvalue weighted by molar-refractivity contribution is -0.150. The van der Waals surface area contributed by atoms with Crippen LogP contribution in [0.5, 0.6) is 0 Å². The number of carboxylic acids is 1. The molecule has 114 valence electrons.